The number of hydrogen-bond acceptors (Lipinski definition) is 5. The van der Waals surface area contributed by atoms with Crippen LogP contribution in [0.4, 0.5) is 0 Å². The number of imidazole rings is 1. The summed E-state index contributed by atoms with van der Waals surface area (Å²) >= 11 is 0.987. The van der Waals surface area contributed by atoms with Crippen molar-refractivity contribution in [3.05, 3.63) is 31.3 Å². The number of nitrogens with one attached hydrogen (secondary N) is 3. The molecule has 0 fully saturated rings. The molecule has 0 bridgehead atoms. The number of aromatic nitrogens is 4. The van der Waals surface area contributed by atoms with E-state index in [0.717, 1.165) is 15.9 Å². The lowest BCUT2D eigenvalue weighted by Gasteiger charge is -2.01. The first-order chi connectivity index (χ1) is 8.13. The second-order valence-electron chi connectivity index (χ2n) is 3.27. The van der Waals surface area contributed by atoms with E-state index in [1.165, 1.54) is 0 Å². The molecule has 0 radical (unpaired) electrons. The molecule has 0 saturated heterocycles. The van der Waals surface area contributed by atoms with Gasteiger partial charge < -0.3 is 5.11 Å². The SMILES string of the molecule is O=c1[nH]c2[nH]c(=O)n(SCCCO)c(=O)c2[nH]1. The Labute approximate surface area is 97.8 Å². The Bertz CT molecular complexity index is 694. The van der Waals surface area contributed by atoms with Gasteiger partial charge in [0.25, 0.3) is 5.56 Å². The van der Waals surface area contributed by atoms with Gasteiger partial charge in [0.15, 0.2) is 5.52 Å². The summed E-state index contributed by atoms with van der Waals surface area (Å²) in [6, 6.07) is 0. The van der Waals surface area contributed by atoms with Crippen LogP contribution in [-0.2, 0) is 0 Å². The minimum atomic E-state index is -0.610. The third kappa shape index (κ3) is 2.19. The number of aliphatic hydroxyl groups is 1. The number of hydrogen-bond donors (Lipinski definition) is 4. The van der Waals surface area contributed by atoms with Gasteiger partial charge in [-0.3, -0.25) is 19.7 Å². The van der Waals surface area contributed by atoms with Gasteiger partial charge >= 0.3 is 11.4 Å². The van der Waals surface area contributed by atoms with E-state index in [-0.39, 0.29) is 17.8 Å². The molecule has 4 N–H and O–H groups in total. The fourth-order valence-corrected chi connectivity index (χ4v) is 2.14. The Morgan fingerprint density at radius 1 is 1.18 bits per heavy atom. The summed E-state index contributed by atoms with van der Waals surface area (Å²) in [5.74, 6) is 0.430. The molecule has 0 aliphatic rings. The van der Waals surface area contributed by atoms with Crippen molar-refractivity contribution in [2.45, 2.75) is 6.42 Å². The number of aromatic amines is 3. The molecule has 0 amide bonds. The minimum absolute atomic E-state index is 0.0110. The van der Waals surface area contributed by atoms with Gasteiger partial charge in [0.2, 0.25) is 0 Å². The maximum Gasteiger partial charge on any atom is 0.340 e. The summed E-state index contributed by atoms with van der Waals surface area (Å²) in [6.45, 7) is -0.0110. The summed E-state index contributed by atoms with van der Waals surface area (Å²) in [5, 5.41) is 8.62. The number of H-pyrrole nitrogens is 3. The van der Waals surface area contributed by atoms with Crippen LogP contribution in [0.1, 0.15) is 6.42 Å². The van der Waals surface area contributed by atoms with Crippen LogP contribution in [0.5, 0.6) is 0 Å². The zero-order valence-corrected chi connectivity index (χ0v) is 9.47. The highest BCUT2D eigenvalue weighted by Crippen LogP contribution is 2.02. The van der Waals surface area contributed by atoms with E-state index in [2.05, 4.69) is 15.0 Å². The van der Waals surface area contributed by atoms with Crippen molar-refractivity contribution in [1.29, 1.82) is 0 Å². The van der Waals surface area contributed by atoms with Crippen LogP contribution in [0.15, 0.2) is 14.4 Å². The van der Waals surface area contributed by atoms with Crippen LogP contribution in [0, 0.1) is 0 Å². The molecule has 0 spiro atoms. The van der Waals surface area contributed by atoms with Gasteiger partial charge in [-0.05, 0) is 18.4 Å². The first-order valence-electron chi connectivity index (χ1n) is 4.85. The summed E-state index contributed by atoms with van der Waals surface area (Å²) in [6.07, 6.45) is 0.470. The van der Waals surface area contributed by atoms with E-state index in [1.54, 1.807) is 0 Å². The van der Waals surface area contributed by atoms with Crippen molar-refractivity contribution in [2.24, 2.45) is 0 Å². The molecule has 2 aromatic rings. The Balaban J connectivity index is 2.52. The lowest BCUT2D eigenvalue weighted by Crippen LogP contribution is -2.31. The smallest absolute Gasteiger partial charge is 0.340 e. The van der Waals surface area contributed by atoms with Gasteiger partial charge in [0.1, 0.15) is 5.65 Å². The Kier molecular flexibility index (Phi) is 3.20. The molecule has 9 heteroatoms. The highest BCUT2D eigenvalue weighted by molar-refractivity contribution is 7.97. The fraction of sp³-hybridized carbons (Fsp3) is 0.375. The average Bonchev–Trinajstić information content (AvgIpc) is 2.64. The number of nitrogens with zero attached hydrogens (tertiary/aromatic N) is 1. The van der Waals surface area contributed by atoms with Gasteiger partial charge in [-0.15, -0.1) is 0 Å². The Morgan fingerprint density at radius 3 is 2.65 bits per heavy atom. The molecule has 0 saturated carbocycles. The summed E-state index contributed by atoms with van der Waals surface area (Å²) in [5.41, 5.74) is -1.62. The van der Waals surface area contributed by atoms with Crippen LogP contribution < -0.4 is 16.9 Å². The minimum Gasteiger partial charge on any atom is -0.396 e. The predicted octanol–water partition coefficient (Wildman–Crippen LogP) is -1.42. The molecule has 0 aromatic carbocycles. The van der Waals surface area contributed by atoms with Crippen LogP contribution >= 0.6 is 11.9 Å². The second kappa shape index (κ2) is 4.63. The quantitative estimate of drug-likeness (QED) is 0.501. The normalized spacial score (nSPS) is 11.1. The molecule has 0 unspecified atom stereocenters. The van der Waals surface area contributed by atoms with E-state index in [0.29, 0.717) is 12.2 Å². The molecular formula is C8H10N4O4S. The van der Waals surface area contributed by atoms with Gasteiger partial charge in [0.05, 0.1) is 0 Å². The van der Waals surface area contributed by atoms with Crippen molar-refractivity contribution in [3.63, 3.8) is 0 Å². The van der Waals surface area contributed by atoms with Crippen molar-refractivity contribution in [1.82, 2.24) is 18.9 Å². The molecule has 17 heavy (non-hydrogen) atoms. The van der Waals surface area contributed by atoms with Gasteiger partial charge in [-0.25, -0.2) is 9.59 Å². The van der Waals surface area contributed by atoms with Crippen molar-refractivity contribution in [2.75, 3.05) is 12.4 Å². The van der Waals surface area contributed by atoms with Crippen LogP contribution in [0.3, 0.4) is 0 Å². The number of rotatable bonds is 4. The Morgan fingerprint density at radius 2 is 1.94 bits per heavy atom. The summed E-state index contributed by atoms with van der Waals surface area (Å²) in [7, 11) is 0. The van der Waals surface area contributed by atoms with E-state index >= 15 is 0 Å². The highest BCUT2D eigenvalue weighted by Gasteiger charge is 2.10. The third-order valence-corrected chi connectivity index (χ3v) is 3.13. The maximum atomic E-state index is 11.8. The van der Waals surface area contributed by atoms with Gasteiger partial charge in [-0.1, -0.05) is 0 Å². The summed E-state index contributed by atoms with van der Waals surface area (Å²) < 4.78 is 0.918. The molecule has 2 rings (SSSR count). The van der Waals surface area contributed by atoms with Crippen LogP contribution in [-0.4, -0.2) is 36.4 Å². The van der Waals surface area contributed by atoms with E-state index in [9.17, 15) is 14.4 Å². The molecule has 0 aliphatic carbocycles. The number of aliphatic hydroxyl groups excluding tert-OH is 1. The first-order valence-corrected chi connectivity index (χ1v) is 5.79. The van der Waals surface area contributed by atoms with Crippen molar-refractivity contribution in [3.8, 4) is 0 Å². The molecule has 0 aliphatic heterocycles. The van der Waals surface area contributed by atoms with Crippen molar-refractivity contribution < 1.29 is 5.11 Å². The van der Waals surface area contributed by atoms with Crippen LogP contribution in [0.2, 0.25) is 0 Å². The maximum absolute atomic E-state index is 11.8. The fourth-order valence-electron chi connectivity index (χ4n) is 1.33. The lowest BCUT2D eigenvalue weighted by atomic mass is 10.5. The lowest BCUT2D eigenvalue weighted by molar-refractivity contribution is 0.296. The van der Waals surface area contributed by atoms with Gasteiger partial charge in [-0.2, -0.15) is 3.97 Å². The standard InChI is InChI=1S/C8H10N4O4S/c13-2-1-3-17-12-6(14)4-5(11-8(12)16)10-7(15)9-4/h13H,1-3H2,(H,11,16)(H2,9,10,15). The zero-order valence-electron chi connectivity index (χ0n) is 8.65. The first kappa shape index (κ1) is 11.7. The largest absolute Gasteiger partial charge is 0.396 e. The molecular weight excluding hydrogens is 248 g/mol. The van der Waals surface area contributed by atoms with E-state index in [4.69, 9.17) is 5.11 Å². The van der Waals surface area contributed by atoms with Crippen molar-refractivity contribution >= 4 is 23.1 Å². The average molecular weight is 258 g/mol. The highest BCUT2D eigenvalue weighted by atomic mass is 32.2. The summed E-state index contributed by atoms with van der Waals surface area (Å²) in [4.78, 5) is 41.4. The molecule has 0 atom stereocenters. The molecule has 92 valence electrons. The molecule has 8 nitrogen and oxygen atoms in total. The zero-order chi connectivity index (χ0) is 12.4. The number of fused-ring (bicyclic) bond motifs is 1. The topological polar surface area (TPSA) is 124 Å². The van der Waals surface area contributed by atoms with Crippen LogP contribution in [0.25, 0.3) is 11.2 Å². The molecule has 2 aromatic heterocycles. The Hall–Kier alpha value is -1.74. The van der Waals surface area contributed by atoms with Gasteiger partial charge in [0, 0.05) is 12.4 Å². The predicted molar refractivity (Wildman–Crippen MR) is 63.4 cm³/mol. The molecule has 2 heterocycles. The third-order valence-electron chi connectivity index (χ3n) is 2.06. The monoisotopic (exact) mass is 258 g/mol. The second-order valence-corrected chi connectivity index (χ2v) is 4.30. The van der Waals surface area contributed by atoms with E-state index < -0.39 is 16.9 Å². The van der Waals surface area contributed by atoms with E-state index in [1.807, 2.05) is 0 Å².